The Kier molecular flexibility index (Phi) is 310. The molecule has 0 spiro atoms. The van der Waals surface area contributed by atoms with Gasteiger partial charge in [-0.05, 0) is 0 Å². The monoisotopic (exact) mass is 471 g/mol. The summed E-state index contributed by atoms with van der Waals surface area (Å²) in [5, 5.41) is 42.3. The largest absolute Gasteiger partial charge is 5.00 e. The van der Waals surface area contributed by atoms with Gasteiger partial charge >= 0.3 is 22.4 Å². The van der Waals surface area contributed by atoms with E-state index in [1.54, 1.807) is 0 Å². The average Bonchev–Trinajstić information content (AvgIpc) is 2.09. The van der Waals surface area contributed by atoms with Crippen LogP contribution in [0.15, 0.2) is 0 Å². The number of hydrogen-bond acceptors (Lipinski definition) is 10. The molecule has 5 nitrogen and oxygen atoms in total. The molecule has 0 aliphatic rings. The second-order valence-electron chi connectivity index (χ2n) is 0.456. The molecule has 0 aromatic carbocycles. The molecule has 0 atom stereocenters. The van der Waals surface area contributed by atoms with Crippen LogP contribution >= 0.6 is 0 Å². The summed E-state index contributed by atoms with van der Waals surface area (Å²) >= 11 is 18.5. The summed E-state index contributed by atoms with van der Waals surface area (Å²) < 4.78 is 0. The molecule has 0 fully saturated rings. The molecular formula is C5N5S5Ta. The molecule has 0 aliphatic heterocycles. The minimum atomic E-state index is 0. The van der Waals surface area contributed by atoms with Gasteiger partial charge in [0.25, 0.3) is 0 Å². The van der Waals surface area contributed by atoms with Gasteiger partial charge in [0.2, 0.25) is 0 Å². The second-order valence-corrected chi connectivity index (χ2v) is 1.37. The van der Waals surface area contributed by atoms with Crippen LogP contribution < -0.4 is 0 Å². The molecule has 0 radical (unpaired) electrons. The van der Waals surface area contributed by atoms with Crippen LogP contribution in [0.1, 0.15) is 0 Å². The van der Waals surface area contributed by atoms with E-state index >= 15 is 0 Å². The summed E-state index contributed by atoms with van der Waals surface area (Å²) in [4.78, 5) is 0. The first-order valence-electron chi connectivity index (χ1n) is 2.14. The summed E-state index contributed by atoms with van der Waals surface area (Å²) in [6.07, 6.45) is 0. The van der Waals surface area contributed by atoms with Crippen LogP contribution in [0.4, 0.5) is 0 Å². The third-order valence-electron chi connectivity index (χ3n) is 0. The van der Waals surface area contributed by atoms with Crippen molar-refractivity contribution in [3.8, 4) is 27.0 Å². The Bertz CT molecular complexity index is 206. The zero-order chi connectivity index (χ0) is 13.5. The van der Waals surface area contributed by atoms with Crippen molar-refractivity contribution < 1.29 is 22.4 Å². The molecule has 0 N–H and O–H groups in total. The Labute approximate surface area is 138 Å². The fourth-order valence-electron chi connectivity index (χ4n) is 0. The Morgan fingerprint density at radius 2 is 0.438 bits per heavy atom. The van der Waals surface area contributed by atoms with Crippen molar-refractivity contribution in [3.63, 3.8) is 0 Å². The van der Waals surface area contributed by atoms with Crippen molar-refractivity contribution in [2.24, 2.45) is 0 Å². The Morgan fingerprint density at radius 1 is 0.438 bits per heavy atom. The average molecular weight is 471 g/mol. The standard InChI is InChI=1S/5CHNS.Ta/c5*2-1-3;/h5*3H;/q;;;;;+5/p-5. The molecule has 0 aromatic rings. The summed E-state index contributed by atoms with van der Waals surface area (Å²) in [5.74, 6) is 0. The van der Waals surface area contributed by atoms with Gasteiger partial charge in [0.05, 0.1) is 0 Å². The Balaban J connectivity index is -0.0000000192. The predicted molar refractivity (Wildman–Crippen MR) is 64.9 cm³/mol. The molecule has 0 saturated heterocycles. The quantitative estimate of drug-likeness (QED) is 0.355. The van der Waals surface area contributed by atoms with Crippen molar-refractivity contribution >= 4 is 63.1 Å². The van der Waals surface area contributed by atoms with E-state index in [0.717, 1.165) is 0 Å². The molecular weight excluding hydrogens is 471 g/mol. The van der Waals surface area contributed by atoms with Crippen molar-refractivity contribution in [2.75, 3.05) is 0 Å². The van der Waals surface area contributed by atoms with E-state index < -0.39 is 0 Å². The number of nitrogens with zero attached hydrogens (tertiary/aromatic N) is 5. The van der Waals surface area contributed by atoms with Crippen LogP contribution in [0.3, 0.4) is 0 Å². The third kappa shape index (κ3) is 3990. The minimum absolute atomic E-state index is 0. The van der Waals surface area contributed by atoms with Crippen LogP contribution in [0.5, 0.6) is 0 Å². The zero-order valence-corrected chi connectivity index (χ0v) is 14.5. The van der Waals surface area contributed by atoms with Crippen LogP contribution in [-0.4, -0.2) is 0 Å². The van der Waals surface area contributed by atoms with Crippen molar-refractivity contribution in [1.82, 2.24) is 0 Å². The van der Waals surface area contributed by atoms with E-state index in [2.05, 4.69) is 63.1 Å². The van der Waals surface area contributed by atoms with E-state index in [4.69, 9.17) is 26.3 Å². The van der Waals surface area contributed by atoms with Gasteiger partial charge in [-0.3, -0.25) is 0 Å². The molecule has 0 heterocycles. The fraction of sp³-hybridized carbons (Fsp3) is 0. The summed E-state index contributed by atoms with van der Waals surface area (Å²) in [6.45, 7) is 0. The van der Waals surface area contributed by atoms with E-state index in [9.17, 15) is 0 Å². The maximum Gasteiger partial charge on any atom is 5.00 e. The molecule has 0 aliphatic carbocycles. The summed E-state index contributed by atoms with van der Waals surface area (Å²) in [5.41, 5.74) is 0. The molecule has 0 bridgehead atoms. The smallest absolute Gasteiger partial charge is 0.696 e. The molecule has 80 valence electrons. The number of nitriles is 5. The zero-order valence-electron chi connectivity index (χ0n) is 7.22. The van der Waals surface area contributed by atoms with Crippen LogP contribution in [0, 0.1) is 53.3 Å². The van der Waals surface area contributed by atoms with E-state index in [1.807, 2.05) is 0 Å². The molecule has 0 amide bonds. The van der Waals surface area contributed by atoms with E-state index in [1.165, 1.54) is 27.0 Å². The van der Waals surface area contributed by atoms with Gasteiger partial charge in [-0.15, -0.1) is 0 Å². The molecule has 0 rings (SSSR count). The summed E-state index contributed by atoms with van der Waals surface area (Å²) in [6, 6.07) is 0. The number of rotatable bonds is 0. The van der Waals surface area contributed by atoms with Gasteiger partial charge < -0.3 is 63.1 Å². The molecule has 0 saturated carbocycles. The van der Waals surface area contributed by atoms with Gasteiger partial charge in [-0.2, -0.15) is 0 Å². The molecule has 16 heavy (non-hydrogen) atoms. The fourth-order valence-corrected chi connectivity index (χ4v) is 0. The molecule has 0 unspecified atom stereocenters. The van der Waals surface area contributed by atoms with Gasteiger partial charge in [0.1, 0.15) is 0 Å². The minimum Gasteiger partial charge on any atom is -0.696 e. The van der Waals surface area contributed by atoms with Gasteiger partial charge in [-0.1, -0.05) is 27.0 Å². The summed E-state index contributed by atoms with van der Waals surface area (Å²) in [7, 11) is 0. The maximum atomic E-state index is 7.13. The molecule has 11 heteroatoms. The Hall–Kier alpha value is -0.710. The Morgan fingerprint density at radius 3 is 0.438 bits per heavy atom. The van der Waals surface area contributed by atoms with E-state index in [0.29, 0.717) is 0 Å². The third-order valence-corrected chi connectivity index (χ3v) is 0. The first-order chi connectivity index (χ1) is 7.07. The van der Waals surface area contributed by atoms with Crippen molar-refractivity contribution in [2.45, 2.75) is 0 Å². The van der Waals surface area contributed by atoms with Crippen LogP contribution in [0.25, 0.3) is 0 Å². The van der Waals surface area contributed by atoms with Crippen LogP contribution in [0.2, 0.25) is 0 Å². The van der Waals surface area contributed by atoms with Gasteiger partial charge in [-0.25, -0.2) is 26.3 Å². The first-order valence-corrected chi connectivity index (χ1v) is 4.18. The van der Waals surface area contributed by atoms with Crippen LogP contribution in [-0.2, 0) is 85.5 Å². The second kappa shape index (κ2) is 137. The van der Waals surface area contributed by atoms with Gasteiger partial charge in [0, 0.05) is 0 Å². The number of thiocyanates is 5. The maximum absolute atomic E-state index is 7.13. The predicted octanol–water partition coefficient (Wildman–Crippen LogP) is 0.0694. The number of hydrogen-bond donors (Lipinski definition) is 0. The first kappa shape index (κ1) is 36.2. The topological polar surface area (TPSA) is 119 Å². The van der Waals surface area contributed by atoms with E-state index in [-0.39, 0.29) is 22.4 Å². The molecule has 0 aromatic heterocycles. The SMILES string of the molecule is N#C[S-].N#C[S-].N#C[S-].N#C[S-].N#C[S-].[Ta+5]. The van der Waals surface area contributed by atoms with Gasteiger partial charge in [0.15, 0.2) is 0 Å². The normalized spacial score (nSPS) is 2.19. The van der Waals surface area contributed by atoms with Crippen molar-refractivity contribution in [1.29, 1.82) is 26.3 Å². The van der Waals surface area contributed by atoms with Crippen molar-refractivity contribution in [3.05, 3.63) is 0 Å².